The van der Waals surface area contributed by atoms with E-state index in [0.29, 0.717) is 10.6 Å². The number of esters is 1. The van der Waals surface area contributed by atoms with Crippen molar-refractivity contribution in [3.05, 3.63) is 113 Å². The molecule has 13 nitrogen and oxygen atoms in total. The summed E-state index contributed by atoms with van der Waals surface area (Å²) >= 11 is 6.09. The highest BCUT2D eigenvalue weighted by Gasteiger charge is 2.36. The van der Waals surface area contributed by atoms with E-state index < -0.39 is 59.5 Å². The summed E-state index contributed by atoms with van der Waals surface area (Å²) in [6.45, 7) is 6.29. The zero-order chi connectivity index (χ0) is 36.8. The molecule has 0 aliphatic heterocycles. The second kappa shape index (κ2) is 18.2. The summed E-state index contributed by atoms with van der Waals surface area (Å²) in [5.74, 6) is -4.55. The molecule has 0 aliphatic carbocycles. The molecule has 2 unspecified atom stereocenters. The summed E-state index contributed by atoms with van der Waals surface area (Å²) in [5.41, 5.74) is 8.93. The summed E-state index contributed by atoms with van der Waals surface area (Å²) in [4.78, 5) is 78.9. The van der Waals surface area contributed by atoms with E-state index in [2.05, 4.69) is 21.4 Å². The van der Waals surface area contributed by atoms with Crippen LogP contribution in [0.25, 0.3) is 0 Å². The molecule has 0 bridgehead atoms. The fourth-order valence-corrected chi connectivity index (χ4v) is 4.70. The number of hydrazine groups is 1. The predicted octanol–water partition coefficient (Wildman–Crippen LogP) is 3.22. The Morgan fingerprint density at radius 1 is 0.880 bits per heavy atom. The molecular formula is C36H41ClN6O7. The van der Waals surface area contributed by atoms with Crippen molar-refractivity contribution >= 4 is 52.8 Å². The van der Waals surface area contributed by atoms with Gasteiger partial charge in [-0.2, -0.15) is 0 Å². The van der Waals surface area contributed by atoms with Gasteiger partial charge in [0.15, 0.2) is 0 Å². The molecule has 14 heteroatoms. The van der Waals surface area contributed by atoms with Crippen LogP contribution >= 0.6 is 11.6 Å². The van der Waals surface area contributed by atoms with E-state index in [0.717, 1.165) is 17.7 Å². The number of hydrogen-bond acceptors (Lipinski definition) is 8. The van der Waals surface area contributed by atoms with Crippen LogP contribution in [0.2, 0.25) is 5.02 Å². The van der Waals surface area contributed by atoms with Crippen molar-refractivity contribution in [2.24, 2.45) is 5.41 Å². The monoisotopic (exact) mass is 704 g/mol. The van der Waals surface area contributed by atoms with Gasteiger partial charge in [0, 0.05) is 24.3 Å². The predicted molar refractivity (Wildman–Crippen MR) is 188 cm³/mol. The van der Waals surface area contributed by atoms with Gasteiger partial charge in [-0.1, -0.05) is 93.0 Å². The topological polar surface area (TPSA) is 189 Å². The van der Waals surface area contributed by atoms with E-state index in [1.807, 2.05) is 30.3 Å². The van der Waals surface area contributed by atoms with Gasteiger partial charge >= 0.3 is 5.97 Å². The molecule has 3 aromatic carbocycles. The molecule has 264 valence electrons. The van der Waals surface area contributed by atoms with Gasteiger partial charge in [-0.15, -0.1) is 0 Å². The number of anilines is 1. The lowest BCUT2D eigenvalue weighted by Gasteiger charge is -2.32. The minimum Gasteiger partial charge on any atom is -0.465 e. The average molecular weight is 705 g/mol. The first kappa shape index (κ1) is 38.8. The van der Waals surface area contributed by atoms with Crippen LogP contribution in [-0.4, -0.2) is 59.7 Å². The summed E-state index contributed by atoms with van der Waals surface area (Å²) in [6.07, 6.45) is 1.86. The third-order valence-electron chi connectivity index (χ3n) is 7.14. The quantitative estimate of drug-likeness (QED) is 0.0776. The number of nitrogen functional groups attached to an aromatic ring is 1. The van der Waals surface area contributed by atoms with Crippen molar-refractivity contribution in [2.75, 3.05) is 18.9 Å². The van der Waals surface area contributed by atoms with Crippen LogP contribution < -0.4 is 27.1 Å². The second-order valence-corrected chi connectivity index (χ2v) is 12.5. The fourth-order valence-electron chi connectivity index (χ4n) is 4.52. The number of nitrogens with one attached hydrogen (secondary N) is 4. The third-order valence-corrected chi connectivity index (χ3v) is 7.47. The van der Waals surface area contributed by atoms with E-state index in [9.17, 15) is 28.8 Å². The minimum absolute atomic E-state index is 0.0116. The Labute approximate surface area is 295 Å². The molecule has 0 spiro atoms. The Morgan fingerprint density at radius 3 is 2.12 bits per heavy atom. The van der Waals surface area contributed by atoms with Crippen LogP contribution in [0, 0.1) is 5.41 Å². The standard InChI is InChI=1S/C36H41ClN6O7/c1-5-50-30(46)22-43(29(45)19-18-28(44)39-21-23-12-8-6-9-13-23)42-34(48)31(24-14-10-7-11-15-24)40-35(49)32(36(2,3)4)41-33(47)25-16-17-27(38)26(37)20-25/h6-20,31-32H,5,21-22,38H2,1-4H3,(H,39,44)(H,40,49)(H,41,47)(H,42,48)/b19-18+. The number of rotatable bonds is 13. The number of ether oxygens (including phenoxy) is 1. The maximum absolute atomic E-state index is 13.8. The Morgan fingerprint density at radius 2 is 1.52 bits per heavy atom. The maximum Gasteiger partial charge on any atom is 0.327 e. The smallest absolute Gasteiger partial charge is 0.327 e. The first-order valence-electron chi connectivity index (χ1n) is 15.7. The molecule has 3 aromatic rings. The van der Waals surface area contributed by atoms with Crippen LogP contribution in [0.3, 0.4) is 0 Å². The lowest BCUT2D eigenvalue weighted by molar-refractivity contribution is -0.152. The number of nitrogens with two attached hydrogens (primary N) is 1. The molecule has 0 saturated heterocycles. The molecule has 0 aliphatic rings. The number of halogens is 1. The molecule has 6 N–H and O–H groups in total. The number of benzene rings is 3. The molecule has 5 amide bonds. The first-order valence-corrected chi connectivity index (χ1v) is 16.1. The molecule has 0 aromatic heterocycles. The van der Waals surface area contributed by atoms with Gasteiger partial charge < -0.3 is 26.4 Å². The fraction of sp³-hybridized carbons (Fsp3) is 0.278. The van der Waals surface area contributed by atoms with E-state index in [1.165, 1.54) is 18.2 Å². The van der Waals surface area contributed by atoms with Gasteiger partial charge in [-0.3, -0.25) is 34.2 Å². The highest BCUT2D eigenvalue weighted by molar-refractivity contribution is 6.33. The van der Waals surface area contributed by atoms with Gasteiger partial charge in [-0.05, 0) is 41.7 Å². The van der Waals surface area contributed by atoms with Crippen LogP contribution in [0.1, 0.15) is 55.2 Å². The summed E-state index contributed by atoms with van der Waals surface area (Å²) in [5, 5.41) is 8.87. The first-order chi connectivity index (χ1) is 23.7. The number of nitrogens with zero attached hydrogens (tertiary/aromatic N) is 1. The lowest BCUT2D eigenvalue weighted by Crippen LogP contribution is -2.57. The molecule has 0 saturated carbocycles. The molecule has 0 fully saturated rings. The van der Waals surface area contributed by atoms with E-state index in [1.54, 1.807) is 58.0 Å². The zero-order valence-corrected chi connectivity index (χ0v) is 29.0. The zero-order valence-electron chi connectivity index (χ0n) is 28.2. The van der Waals surface area contributed by atoms with Crippen molar-refractivity contribution in [3.8, 4) is 0 Å². The summed E-state index contributed by atoms with van der Waals surface area (Å²) < 4.78 is 4.97. The van der Waals surface area contributed by atoms with Crippen molar-refractivity contribution in [1.29, 1.82) is 0 Å². The highest BCUT2D eigenvalue weighted by atomic mass is 35.5. The normalized spacial score (nSPS) is 12.3. The molecular weight excluding hydrogens is 664 g/mol. The number of carbonyl (C=O) groups excluding carboxylic acids is 6. The molecule has 0 heterocycles. The van der Waals surface area contributed by atoms with E-state index in [-0.39, 0.29) is 29.4 Å². The van der Waals surface area contributed by atoms with Gasteiger partial charge in [0.05, 0.1) is 17.3 Å². The van der Waals surface area contributed by atoms with Crippen molar-refractivity contribution in [2.45, 2.75) is 46.3 Å². The van der Waals surface area contributed by atoms with E-state index in [4.69, 9.17) is 22.1 Å². The third kappa shape index (κ3) is 11.8. The summed E-state index contributed by atoms with van der Waals surface area (Å²) in [6, 6.07) is 19.0. The lowest BCUT2D eigenvalue weighted by atomic mass is 9.85. The SMILES string of the molecule is CCOC(=O)CN(NC(=O)C(NC(=O)C(NC(=O)c1ccc(N)c(Cl)c1)C(C)(C)C)c1ccccc1)C(=O)/C=C/C(=O)NCc1ccccc1. The number of carbonyl (C=O) groups is 6. The minimum atomic E-state index is -1.40. The molecule has 2 atom stereocenters. The second-order valence-electron chi connectivity index (χ2n) is 12.1. The molecule has 50 heavy (non-hydrogen) atoms. The van der Waals surface area contributed by atoms with Crippen molar-refractivity contribution in [3.63, 3.8) is 0 Å². The Bertz CT molecular complexity index is 1710. The Kier molecular flexibility index (Phi) is 14.1. The maximum atomic E-state index is 13.8. The van der Waals surface area contributed by atoms with Crippen molar-refractivity contribution < 1.29 is 33.5 Å². The largest absolute Gasteiger partial charge is 0.465 e. The van der Waals surface area contributed by atoms with Crippen LogP contribution in [0.5, 0.6) is 0 Å². The van der Waals surface area contributed by atoms with E-state index >= 15 is 0 Å². The van der Waals surface area contributed by atoms with Crippen molar-refractivity contribution in [1.82, 2.24) is 26.4 Å². The summed E-state index contributed by atoms with van der Waals surface area (Å²) in [7, 11) is 0. The molecule has 3 rings (SSSR count). The number of amides is 5. The number of hydrogen-bond donors (Lipinski definition) is 5. The van der Waals surface area contributed by atoms with Gasteiger partial charge in [0.2, 0.25) is 11.8 Å². The Balaban J connectivity index is 1.83. The molecule has 0 radical (unpaired) electrons. The van der Waals surface area contributed by atoms with Crippen LogP contribution in [-0.2, 0) is 35.3 Å². The van der Waals surface area contributed by atoms with Crippen LogP contribution in [0.4, 0.5) is 5.69 Å². The Hall–Kier alpha value is -5.69. The van der Waals surface area contributed by atoms with Gasteiger partial charge in [0.1, 0.15) is 18.6 Å². The average Bonchev–Trinajstić information content (AvgIpc) is 3.08. The van der Waals surface area contributed by atoms with Crippen LogP contribution in [0.15, 0.2) is 91.0 Å². The van der Waals surface area contributed by atoms with Gasteiger partial charge in [-0.25, -0.2) is 5.01 Å². The van der Waals surface area contributed by atoms with Gasteiger partial charge in [0.25, 0.3) is 17.7 Å². The highest BCUT2D eigenvalue weighted by Crippen LogP contribution is 2.24.